The Bertz CT molecular complexity index is 1780. The molecular formula is C32H34N6O11S. The van der Waals surface area contributed by atoms with Crippen molar-refractivity contribution in [3.63, 3.8) is 0 Å². The molecule has 2 aromatic carbocycles. The lowest BCUT2D eigenvalue weighted by Crippen LogP contribution is -2.63. The Hall–Kier alpha value is -5.36. The van der Waals surface area contributed by atoms with E-state index in [0.29, 0.717) is 16.0 Å². The summed E-state index contributed by atoms with van der Waals surface area (Å²) in [5, 5.41) is 31.8. The van der Waals surface area contributed by atoms with Crippen LogP contribution in [0.5, 0.6) is 0 Å². The summed E-state index contributed by atoms with van der Waals surface area (Å²) in [6.07, 6.45) is -1.68. The maximum Gasteiger partial charge on any atom is 0.435 e. The first-order valence-electron chi connectivity index (χ1n) is 15.5. The molecule has 18 heteroatoms. The van der Waals surface area contributed by atoms with Crippen LogP contribution in [-0.4, -0.2) is 84.4 Å². The monoisotopic (exact) mass is 710 g/mol. The van der Waals surface area contributed by atoms with Crippen molar-refractivity contribution in [2.45, 2.75) is 63.8 Å². The Kier molecular flexibility index (Phi) is 10.5. The van der Waals surface area contributed by atoms with E-state index < -0.39 is 57.8 Å². The molecule has 6 atom stereocenters. The van der Waals surface area contributed by atoms with Crippen molar-refractivity contribution >= 4 is 52.8 Å². The second kappa shape index (κ2) is 14.6. The molecule has 2 saturated heterocycles. The number of carbonyl (C=O) groups excluding carboxylic acids is 4. The molecule has 3 aliphatic heterocycles. The van der Waals surface area contributed by atoms with Crippen LogP contribution in [0.1, 0.15) is 38.3 Å². The minimum Gasteiger partial charge on any atom is -0.456 e. The molecule has 0 saturated carbocycles. The Balaban J connectivity index is 1.31. The molecule has 3 N–H and O–H groups in total. The lowest BCUT2D eigenvalue weighted by atomic mass is 9.79. The lowest BCUT2D eigenvalue weighted by Gasteiger charge is -2.46. The van der Waals surface area contributed by atoms with Crippen LogP contribution in [0.4, 0.5) is 16.2 Å². The molecule has 50 heavy (non-hydrogen) atoms. The van der Waals surface area contributed by atoms with Gasteiger partial charge < -0.3 is 30.1 Å². The van der Waals surface area contributed by atoms with E-state index in [1.807, 2.05) is 6.92 Å². The topological polar surface area (TPSA) is 238 Å². The van der Waals surface area contributed by atoms with E-state index in [9.17, 15) is 44.5 Å². The summed E-state index contributed by atoms with van der Waals surface area (Å²) in [5.74, 6) is -2.81. The fourth-order valence-corrected chi connectivity index (χ4v) is 7.90. The van der Waals surface area contributed by atoms with E-state index in [1.54, 1.807) is 4.90 Å². The van der Waals surface area contributed by atoms with Gasteiger partial charge in [0.2, 0.25) is 11.8 Å². The van der Waals surface area contributed by atoms with Crippen molar-refractivity contribution in [3.8, 4) is 0 Å². The highest BCUT2D eigenvalue weighted by molar-refractivity contribution is 8.03. The third-order valence-corrected chi connectivity index (χ3v) is 10.4. The van der Waals surface area contributed by atoms with Gasteiger partial charge in [-0.2, -0.15) is 4.99 Å². The first-order valence-corrected chi connectivity index (χ1v) is 16.4. The number of benzene rings is 2. The third-order valence-electron chi connectivity index (χ3n) is 8.88. The Morgan fingerprint density at radius 3 is 2.06 bits per heavy atom. The number of nitro groups is 2. The van der Waals surface area contributed by atoms with Gasteiger partial charge in [-0.05, 0) is 55.7 Å². The molecular weight excluding hydrogens is 676 g/mol. The van der Waals surface area contributed by atoms with Gasteiger partial charge in [0.1, 0.15) is 30.8 Å². The normalized spacial score (nSPS) is 23.6. The van der Waals surface area contributed by atoms with Gasteiger partial charge in [-0.25, -0.2) is 9.59 Å². The van der Waals surface area contributed by atoms with Gasteiger partial charge in [-0.15, -0.1) is 11.8 Å². The number of aliphatic imine (C=N–C) groups is 1. The Labute approximate surface area is 289 Å². The zero-order chi connectivity index (χ0) is 36.4. The molecule has 264 valence electrons. The van der Waals surface area contributed by atoms with Crippen LogP contribution in [-0.2, 0) is 37.1 Å². The van der Waals surface area contributed by atoms with E-state index >= 15 is 0 Å². The highest BCUT2D eigenvalue weighted by Crippen LogP contribution is 2.52. The molecule has 17 nitrogen and oxygen atoms in total. The van der Waals surface area contributed by atoms with Crippen LogP contribution in [0, 0.1) is 32.1 Å². The van der Waals surface area contributed by atoms with Crippen molar-refractivity contribution in [1.29, 1.82) is 0 Å². The standard InChI is InChI=1S/C32H34N6O11S/c1-16-26-25(17(2)39)30(41)36(26)27(31(42)48-14-19-4-8-21(9-5-19)37(44)45)28(16)50-23-12-24(29(33)40)35(13-23)18(3)34-32(43)49-15-20-6-10-22(11-7-20)38(46)47/h4-11,16-17,23-26,39H,12-15H2,1-3H3,(H2,33,40)/t16-,17-,23+,24+,25-,26+/m1/s1. The number of aliphatic hydroxyl groups excluding tert-OH is 1. The SMILES string of the molecule is CC(=NC(=O)OCc1ccc([N+](=O)[O-])cc1)N1C[C@@H](SC2=C(C(=O)OCc3ccc([N+](=O)[O-])cc3)N3C(=O)[C@H]([C@@H](C)O)[C@@H]3[C@H]2C)C[C@H]1C(N)=O. The number of likely N-dealkylation sites (tertiary alicyclic amines) is 1. The molecule has 0 aromatic heterocycles. The van der Waals surface area contributed by atoms with Crippen LogP contribution >= 0.6 is 11.8 Å². The fraction of sp³-hybridized carbons (Fsp3) is 0.406. The molecule has 2 fully saturated rings. The smallest absolute Gasteiger partial charge is 0.435 e. The molecule has 3 amide bonds. The number of nitrogens with two attached hydrogens (primary N) is 1. The molecule has 2 aromatic rings. The van der Waals surface area contributed by atoms with Gasteiger partial charge in [0.05, 0.1) is 27.9 Å². The predicted molar refractivity (Wildman–Crippen MR) is 177 cm³/mol. The summed E-state index contributed by atoms with van der Waals surface area (Å²) >= 11 is 1.28. The van der Waals surface area contributed by atoms with Gasteiger partial charge in [0, 0.05) is 46.9 Å². The van der Waals surface area contributed by atoms with Gasteiger partial charge in [0.15, 0.2) is 0 Å². The van der Waals surface area contributed by atoms with Gasteiger partial charge >= 0.3 is 12.1 Å². The molecule has 3 heterocycles. The van der Waals surface area contributed by atoms with E-state index in [-0.39, 0.29) is 60.3 Å². The summed E-state index contributed by atoms with van der Waals surface area (Å²) in [4.78, 5) is 80.0. The Morgan fingerprint density at radius 2 is 1.56 bits per heavy atom. The number of esters is 1. The summed E-state index contributed by atoms with van der Waals surface area (Å²) in [7, 11) is 0. The number of ether oxygens (including phenoxy) is 2. The first-order chi connectivity index (χ1) is 23.7. The number of hydrogen-bond donors (Lipinski definition) is 2. The van der Waals surface area contributed by atoms with Crippen molar-refractivity contribution in [2.75, 3.05) is 6.54 Å². The lowest BCUT2D eigenvalue weighted by molar-refractivity contribution is -0.385. The zero-order valence-electron chi connectivity index (χ0n) is 27.2. The van der Waals surface area contributed by atoms with Gasteiger partial charge in [-0.3, -0.25) is 29.8 Å². The number of primary amides is 1. The maximum absolute atomic E-state index is 13.6. The van der Waals surface area contributed by atoms with Crippen LogP contribution < -0.4 is 5.73 Å². The van der Waals surface area contributed by atoms with Crippen molar-refractivity contribution < 1.29 is 43.6 Å². The van der Waals surface area contributed by atoms with Crippen LogP contribution in [0.25, 0.3) is 0 Å². The Morgan fingerprint density at radius 1 is 1.02 bits per heavy atom. The molecule has 0 aliphatic carbocycles. The number of thioether (sulfide) groups is 1. The second-order valence-electron chi connectivity index (χ2n) is 12.1. The number of nitrogens with zero attached hydrogens (tertiary/aromatic N) is 5. The summed E-state index contributed by atoms with van der Waals surface area (Å²) in [6.45, 7) is 4.66. The molecule has 0 bridgehead atoms. The van der Waals surface area contributed by atoms with Gasteiger partial charge in [-0.1, -0.05) is 6.92 Å². The quantitative estimate of drug-likeness (QED) is 0.0853. The number of aliphatic hydroxyl groups is 1. The van der Waals surface area contributed by atoms with Crippen molar-refractivity contribution in [2.24, 2.45) is 22.6 Å². The number of nitro benzene ring substituents is 2. The minimum absolute atomic E-state index is 0.0330. The highest BCUT2D eigenvalue weighted by Gasteiger charge is 2.60. The van der Waals surface area contributed by atoms with E-state index in [2.05, 4.69) is 4.99 Å². The van der Waals surface area contributed by atoms with Crippen LogP contribution in [0.2, 0.25) is 0 Å². The molecule has 3 aliphatic rings. The predicted octanol–water partition coefficient (Wildman–Crippen LogP) is 3.03. The molecule has 0 radical (unpaired) electrons. The minimum atomic E-state index is -0.965. The largest absolute Gasteiger partial charge is 0.456 e. The number of carbonyl (C=O) groups is 4. The average Bonchev–Trinajstić information content (AvgIpc) is 3.60. The summed E-state index contributed by atoms with van der Waals surface area (Å²) < 4.78 is 10.8. The zero-order valence-corrected chi connectivity index (χ0v) is 28.0. The number of hydrogen-bond acceptors (Lipinski definition) is 12. The number of non-ortho nitro benzene ring substituents is 2. The van der Waals surface area contributed by atoms with Crippen LogP contribution in [0.15, 0.2) is 64.1 Å². The summed E-state index contributed by atoms with van der Waals surface area (Å²) in [6, 6.07) is 9.61. The fourth-order valence-electron chi connectivity index (χ4n) is 6.38. The number of amides is 3. The van der Waals surface area contributed by atoms with E-state index in [0.717, 1.165) is 0 Å². The van der Waals surface area contributed by atoms with Gasteiger partial charge in [0.25, 0.3) is 11.4 Å². The second-order valence-corrected chi connectivity index (χ2v) is 13.5. The van der Waals surface area contributed by atoms with Crippen molar-refractivity contribution in [1.82, 2.24) is 9.80 Å². The first kappa shape index (κ1) is 35.9. The summed E-state index contributed by atoms with van der Waals surface area (Å²) in [5.41, 5.74) is 6.53. The number of amidine groups is 1. The molecule has 0 spiro atoms. The number of fused-ring (bicyclic) bond motifs is 1. The molecule has 5 rings (SSSR count). The number of β-lactam (4-membered cyclic amide) rings is 1. The average molecular weight is 711 g/mol. The van der Waals surface area contributed by atoms with Crippen molar-refractivity contribution in [3.05, 3.63) is 90.5 Å². The maximum atomic E-state index is 13.6. The van der Waals surface area contributed by atoms with Crippen LogP contribution in [0.3, 0.4) is 0 Å². The van der Waals surface area contributed by atoms with E-state index in [1.165, 1.54) is 79.0 Å². The number of rotatable bonds is 11. The highest BCUT2D eigenvalue weighted by atomic mass is 32.2. The van der Waals surface area contributed by atoms with E-state index in [4.69, 9.17) is 15.2 Å². The third kappa shape index (κ3) is 7.30. The molecule has 0 unspecified atom stereocenters.